The molecule has 1 saturated heterocycles. The van der Waals surface area contributed by atoms with Crippen molar-refractivity contribution in [2.24, 2.45) is 52.0 Å². The molecule has 43 nitrogen and oxygen atoms in total. The van der Waals surface area contributed by atoms with E-state index < -0.39 is 235 Å². The number of likely N-dealkylation sites (tertiary alicyclic amines) is 1. The molecule has 0 aliphatic carbocycles. The predicted octanol–water partition coefficient (Wildman–Crippen LogP) is -8.63. The van der Waals surface area contributed by atoms with Gasteiger partial charge in [-0.15, -0.1) is 0 Å². The molecule has 0 aromatic carbocycles. The Balaban J connectivity index is 3.35. The van der Waals surface area contributed by atoms with Gasteiger partial charge in [0, 0.05) is 32.4 Å². The zero-order chi connectivity index (χ0) is 83.5. The van der Waals surface area contributed by atoms with E-state index in [4.69, 9.17) is 45.5 Å². The Hall–Kier alpha value is -10.4. The standard InChI is InChI=1S/C67H119N23O20/c1-34(2)52(88-50(94)33-77-58(101)42(23-26-51(95)96)83-57(100)39(71)16-8-11-27-68)63(106)78-32-49(93)82-43(21-24-47(72)91)59(102)80-38(7)55(98)86-44(18-10-13-29-70)65(108)90-31-15-20-46(90)62(105)85-41(19-14-30-76-67(74)75)60(103)84-40(17-9-12-28-69)61(104)89-53(35(3)4)64(107)81-36(5)54(97)79-37(6)56(99)87-45(66(109)110)22-25-48(73)92/h34-46,52-53H,8-33,68-71H2,1-7H3,(H2,72,91)(H2,73,92)(H,77,101)(H,78,106)(H,79,97)(H,80,102)(H,81,107)(H,82,93)(H,83,100)(H,84,103)(H,85,105)(H,86,98)(H,87,99)(H,88,94)(H,89,104)(H,95,96)(H,109,110)(H4,74,75,76)/t36-,37-,38-,39-,40-,41-,42-,43-,44-,45-,46-,52-,53-/m0/s1. The van der Waals surface area contributed by atoms with Crippen molar-refractivity contribution in [3.05, 3.63) is 0 Å². The average molecular weight is 1570 g/mol. The Labute approximate surface area is 638 Å². The van der Waals surface area contributed by atoms with Crippen LogP contribution in [0.25, 0.3) is 0 Å². The molecule has 0 unspecified atom stereocenters. The number of nitrogens with zero attached hydrogens (tertiary/aromatic N) is 1. The van der Waals surface area contributed by atoms with E-state index in [1.807, 2.05) is 0 Å². The minimum absolute atomic E-state index is 0.000692. The van der Waals surface area contributed by atoms with E-state index in [1.54, 1.807) is 27.7 Å². The third-order valence-electron chi connectivity index (χ3n) is 17.4. The van der Waals surface area contributed by atoms with Gasteiger partial charge in [-0.2, -0.15) is 0 Å². The van der Waals surface area contributed by atoms with Crippen molar-refractivity contribution >= 4 is 112 Å². The highest BCUT2D eigenvalue weighted by Crippen LogP contribution is 2.21. The van der Waals surface area contributed by atoms with Crippen molar-refractivity contribution in [1.29, 1.82) is 5.41 Å². The average Bonchev–Trinajstić information content (AvgIpc) is 1.63. The van der Waals surface area contributed by atoms with Gasteiger partial charge in [0.25, 0.3) is 0 Å². The second-order valence-electron chi connectivity index (χ2n) is 27.5. The van der Waals surface area contributed by atoms with Gasteiger partial charge in [-0.1, -0.05) is 34.1 Å². The second kappa shape index (κ2) is 51.8. The lowest BCUT2D eigenvalue weighted by molar-refractivity contribution is -0.143. The first-order valence-corrected chi connectivity index (χ1v) is 36.8. The highest BCUT2D eigenvalue weighted by atomic mass is 16.4. The Morgan fingerprint density at radius 3 is 1.33 bits per heavy atom. The minimum Gasteiger partial charge on any atom is -0.481 e. The molecule has 0 saturated carbocycles. The van der Waals surface area contributed by atoms with E-state index in [2.05, 4.69) is 74.4 Å². The number of amides is 16. The number of hydrogen-bond acceptors (Lipinski definition) is 23. The molecule has 622 valence electrons. The molecule has 0 aromatic rings. The summed E-state index contributed by atoms with van der Waals surface area (Å²) in [6.07, 6.45) is 0.543. The third-order valence-corrected chi connectivity index (χ3v) is 17.4. The summed E-state index contributed by atoms with van der Waals surface area (Å²) in [6.45, 7) is 9.30. The van der Waals surface area contributed by atoms with Crippen molar-refractivity contribution in [2.75, 3.05) is 45.8 Å². The van der Waals surface area contributed by atoms with Gasteiger partial charge in [0.15, 0.2) is 5.96 Å². The van der Waals surface area contributed by atoms with Crippen molar-refractivity contribution in [2.45, 2.75) is 249 Å². The number of guanidine groups is 1. The summed E-state index contributed by atoms with van der Waals surface area (Å²) in [5.41, 5.74) is 39.0. The third kappa shape index (κ3) is 38.1. The van der Waals surface area contributed by atoms with Gasteiger partial charge in [0.1, 0.15) is 72.5 Å². The summed E-state index contributed by atoms with van der Waals surface area (Å²) >= 11 is 0. The minimum atomic E-state index is -1.56. The predicted molar refractivity (Wildman–Crippen MR) is 396 cm³/mol. The van der Waals surface area contributed by atoms with Gasteiger partial charge in [0.2, 0.25) is 94.5 Å². The van der Waals surface area contributed by atoms with Crippen molar-refractivity contribution < 1.29 is 96.5 Å². The maximum absolute atomic E-state index is 14.7. The Morgan fingerprint density at radius 2 is 0.809 bits per heavy atom. The van der Waals surface area contributed by atoms with Crippen molar-refractivity contribution in [3.63, 3.8) is 0 Å². The molecular weight excluding hydrogens is 1450 g/mol. The zero-order valence-electron chi connectivity index (χ0n) is 63.8. The normalized spacial score (nSPS) is 15.7. The first-order valence-electron chi connectivity index (χ1n) is 36.8. The van der Waals surface area contributed by atoms with E-state index in [0.717, 1.165) is 0 Å². The summed E-state index contributed by atoms with van der Waals surface area (Å²) in [4.78, 5) is 239. The Kier molecular flexibility index (Phi) is 46.0. The van der Waals surface area contributed by atoms with Gasteiger partial charge in [0.05, 0.1) is 19.1 Å². The summed E-state index contributed by atoms with van der Waals surface area (Å²) in [5.74, 6) is -18.3. The smallest absolute Gasteiger partial charge is 0.326 e. The van der Waals surface area contributed by atoms with Gasteiger partial charge >= 0.3 is 11.9 Å². The number of carbonyl (C=O) groups excluding carboxylic acids is 16. The molecule has 0 spiro atoms. The van der Waals surface area contributed by atoms with Crippen LogP contribution in [0.2, 0.25) is 0 Å². The molecule has 0 radical (unpaired) electrons. The number of unbranched alkanes of at least 4 members (excludes halogenated alkanes) is 3. The first kappa shape index (κ1) is 97.6. The maximum atomic E-state index is 14.7. The van der Waals surface area contributed by atoms with Crippen LogP contribution in [0.4, 0.5) is 0 Å². The molecular formula is C67H119N23O20. The fourth-order valence-corrected chi connectivity index (χ4v) is 11.0. The Bertz CT molecular complexity index is 3160. The van der Waals surface area contributed by atoms with Crippen LogP contribution in [0, 0.1) is 17.2 Å². The second-order valence-corrected chi connectivity index (χ2v) is 27.5. The number of hydrogen-bond donors (Lipinski definition) is 24. The summed E-state index contributed by atoms with van der Waals surface area (Å²) in [7, 11) is 0. The van der Waals surface area contributed by atoms with Gasteiger partial charge in [-0.3, -0.25) is 86.9 Å². The molecule has 1 heterocycles. The summed E-state index contributed by atoms with van der Waals surface area (Å²) < 4.78 is 0. The van der Waals surface area contributed by atoms with Crippen LogP contribution < -0.4 is 115 Å². The molecule has 110 heavy (non-hydrogen) atoms. The number of nitrogens with one attached hydrogen (secondary N) is 15. The molecule has 1 aliphatic rings. The first-order chi connectivity index (χ1) is 51.7. The largest absolute Gasteiger partial charge is 0.481 e. The number of primary amides is 2. The number of carboxylic acids is 2. The fourth-order valence-electron chi connectivity index (χ4n) is 11.0. The number of carbonyl (C=O) groups is 18. The highest BCUT2D eigenvalue weighted by molar-refractivity contribution is 6.00. The van der Waals surface area contributed by atoms with E-state index in [-0.39, 0.29) is 103 Å². The Morgan fingerprint density at radius 1 is 0.409 bits per heavy atom. The quantitative estimate of drug-likeness (QED) is 0.0153. The van der Waals surface area contributed by atoms with E-state index in [1.165, 1.54) is 25.7 Å². The van der Waals surface area contributed by atoms with Crippen LogP contribution in [-0.4, -0.2) is 252 Å². The van der Waals surface area contributed by atoms with Crippen LogP contribution in [-0.2, 0) is 86.3 Å². The van der Waals surface area contributed by atoms with Gasteiger partial charge < -0.3 is 130 Å². The van der Waals surface area contributed by atoms with Crippen molar-refractivity contribution in [3.8, 4) is 0 Å². The van der Waals surface area contributed by atoms with Crippen molar-refractivity contribution in [1.82, 2.24) is 79.3 Å². The SMILES string of the molecule is CC(C)[C@H](NC(=O)CNC(=O)[C@H](CCC(=O)O)NC(=O)[C@@H](N)CCCCN)C(=O)NCC(=O)N[C@@H](CCC(N)=O)C(=O)N[C@@H](C)C(=O)N[C@@H](CCCCN)C(=O)N1CCC[C@H]1C(=O)N[C@@H](CCCNC(=N)N)C(=O)N[C@@H](CCCCN)C(=O)N[C@H](C(=O)N[C@@H](C)C(=O)N[C@@H](C)C(=O)N[C@@H](CCC(N)=O)C(=O)O)C(C)C. The number of carboxylic acid groups (broad SMARTS) is 2. The van der Waals surface area contributed by atoms with Crippen LogP contribution in [0.1, 0.15) is 170 Å². The molecule has 16 amide bonds. The number of rotatable bonds is 55. The molecule has 43 heteroatoms. The van der Waals surface area contributed by atoms with E-state index in [9.17, 15) is 96.5 Å². The van der Waals surface area contributed by atoms with Crippen LogP contribution in [0.5, 0.6) is 0 Å². The number of nitrogens with two attached hydrogens (primary N) is 7. The molecule has 1 rings (SSSR count). The lowest BCUT2D eigenvalue weighted by Gasteiger charge is -2.31. The lowest BCUT2D eigenvalue weighted by Crippen LogP contribution is -2.60. The fraction of sp³-hybridized carbons (Fsp3) is 0.716. The summed E-state index contributed by atoms with van der Waals surface area (Å²) in [6, 6.07) is -17.7. The number of aliphatic carboxylic acids is 2. The molecule has 0 bridgehead atoms. The maximum Gasteiger partial charge on any atom is 0.326 e. The van der Waals surface area contributed by atoms with Crippen LogP contribution in [0.3, 0.4) is 0 Å². The monoisotopic (exact) mass is 1570 g/mol. The van der Waals surface area contributed by atoms with Gasteiger partial charge in [-0.05, 0) is 149 Å². The molecule has 0 aromatic heterocycles. The lowest BCUT2D eigenvalue weighted by atomic mass is 10.0. The van der Waals surface area contributed by atoms with Crippen LogP contribution >= 0.6 is 0 Å². The summed E-state index contributed by atoms with van der Waals surface area (Å²) in [5, 5.41) is 61.0. The highest BCUT2D eigenvalue weighted by Gasteiger charge is 2.41. The topological polar surface area (TPSA) is 725 Å². The van der Waals surface area contributed by atoms with E-state index >= 15 is 0 Å². The molecule has 1 fully saturated rings. The molecule has 1 aliphatic heterocycles. The van der Waals surface area contributed by atoms with E-state index in [0.29, 0.717) is 32.2 Å². The van der Waals surface area contributed by atoms with Gasteiger partial charge in [-0.25, -0.2) is 4.79 Å². The zero-order valence-corrected chi connectivity index (χ0v) is 63.8. The molecule has 13 atom stereocenters. The van der Waals surface area contributed by atoms with Crippen LogP contribution in [0.15, 0.2) is 0 Å². The molecule has 31 N–H and O–H groups in total.